The van der Waals surface area contributed by atoms with E-state index in [1.165, 1.54) is 34.4 Å². The standard InChI is InChI=1S/C27H43FN8.2C2H6/c1-8-34(9-2)15-14-22-16-18(3)26-25(19(22)4)20(5)32(6)35-24(17-21-10-12-23(28)13-11-21)30-31-27(35)33(7)36(26)29;2*1-2/h10-13,16,20,24,27,30-31H,8-9,14-15,17,29H2,1-7H3;2*1-2H3. The van der Waals surface area contributed by atoms with Crippen LogP contribution in [0.5, 0.6) is 0 Å². The summed E-state index contributed by atoms with van der Waals surface area (Å²) in [5.74, 6) is 6.60. The van der Waals surface area contributed by atoms with Gasteiger partial charge in [-0.1, -0.05) is 59.7 Å². The van der Waals surface area contributed by atoms with E-state index < -0.39 is 0 Å². The van der Waals surface area contributed by atoms with Gasteiger partial charge in [0.1, 0.15) is 5.82 Å². The lowest BCUT2D eigenvalue weighted by Crippen LogP contribution is -2.64. The van der Waals surface area contributed by atoms with Gasteiger partial charge in [0.25, 0.3) is 0 Å². The van der Waals surface area contributed by atoms with Gasteiger partial charge < -0.3 is 4.90 Å². The quantitative estimate of drug-likeness (QED) is 0.406. The van der Waals surface area contributed by atoms with Crippen molar-refractivity contribution in [2.45, 2.75) is 93.7 Å². The molecule has 0 aliphatic carbocycles. The summed E-state index contributed by atoms with van der Waals surface area (Å²) in [6, 6.07) is 9.14. The first-order chi connectivity index (χ1) is 19.2. The van der Waals surface area contributed by atoms with Gasteiger partial charge in [-0.05, 0) is 74.7 Å². The van der Waals surface area contributed by atoms with Crippen molar-refractivity contribution in [3.05, 3.63) is 64.0 Å². The van der Waals surface area contributed by atoms with Crippen LogP contribution in [0.15, 0.2) is 30.3 Å². The van der Waals surface area contributed by atoms with Crippen LogP contribution in [0.1, 0.15) is 82.3 Å². The molecule has 226 valence electrons. The first-order valence-electron chi connectivity index (χ1n) is 15.1. The van der Waals surface area contributed by atoms with Crippen molar-refractivity contribution >= 4 is 5.69 Å². The largest absolute Gasteiger partial charge is 0.304 e. The molecule has 4 rings (SSSR count). The van der Waals surface area contributed by atoms with E-state index in [4.69, 9.17) is 5.84 Å². The zero-order chi connectivity index (χ0) is 30.1. The Bertz CT molecular complexity index is 1040. The van der Waals surface area contributed by atoms with E-state index >= 15 is 0 Å². The molecule has 2 heterocycles. The Kier molecular flexibility index (Phi) is 13.4. The molecule has 0 aromatic heterocycles. The van der Waals surface area contributed by atoms with Crippen molar-refractivity contribution in [2.75, 3.05) is 38.8 Å². The molecule has 2 aliphatic heterocycles. The summed E-state index contributed by atoms with van der Waals surface area (Å²) in [6.45, 7) is 22.3. The number of likely N-dealkylation sites (N-methyl/N-ethyl adjacent to an activating group) is 1. The summed E-state index contributed by atoms with van der Waals surface area (Å²) in [5.41, 5.74) is 14.1. The molecule has 0 amide bonds. The predicted octanol–water partition coefficient (Wildman–Crippen LogP) is 5.09. The van der Waals surface area contributed by atoms with Crippen molar-refractivity contribution in [2.24, 2.45) is 5.84 Å². The third kappa shape index (κ3) is 7.20. The van der Waals surface area contributed by atoms with Crippen LogP contribution < -0.4 is 21.8 Å². The molecular formula is C31H55FN8. The molecule has 1 fully saturated rings. The second-order valence-corrected chi connectivity index (χ2v) is 10.1. The zero-order valence-electron chi connectivity index (χ0n) is 26.8. The van der Waals surface area contributed by atoms with Crippen LogP contribution >= 0.6 is 0 Å². The molecule has 8 nitrogen and oxygen atoms in total. The molecule has 3 atom stereocenters. The normalized spacial score (nSPS) is 21.6. The second kappa shape index (κ2) is 15.8. The smallest absolute Gasteiger partial charge is 0.162 e. The number of aryl methyl sites for hydroxylation is 1. The first-order valence-corrected chi connectivity index (χ1v) is 15.1. The Hall–Kier alpha value is -2.11. The lowest BCUT2D eigenvalue weighted by molar-refractivity contribution is -0.125. The van der Waals surface area contributed by atoms with Gasteiger partial charge in [-0.2, -0.15) is 10.0 Å². The minimum Gasteiger partial charge on any atom is -0.304 e. The first kappa shape index (κ1) is 34.1. The molecule has 9 heteroatoms. The van der Waals surface area contributed by atoms with Gasteiger partial charge in [-0.15, -0.1) is 0 Å². The van der Waals surface area contributed by atoms with Gasteiger partial charge >= 0.3 is 0 Å². The van der Waals surface area contributed by atoms with Gasteiger partial charge in [0.15, 0.2) is 6.29 Å². The highest BCUT2D eigenvalue weighted by Gasteiger charge is 2.44. The molecule has 2 aromatic carbocycles. The number of benzene rings is 2. The van der Waals surface area contributed by atoms with Gasteiger partial charge in [0.05, 0.1) is 11.9 Å². The second-order valence-electron chi connectivity index (χ2n) is 10.1. The maximum Gasteiger partial charge on any atom is 0.162 e. The Labute approximate surface area is 243 Å². The molecule has 0 spiro atoms. The summed E-state index contributed by atoms with van der Waals surface area (Å²) in [4.78, 5) is 2.47. The topological polar surface area (TPSA) is 66.3 Å². The highest BCUT2D eigenvalue weighted by molar-refractivity contribution is 5.64. The highest BCUT2D eigenvalue weighted by Crippen LogP contribution is 2.40. The van der Waals surface area contributed by atoms with Crippen molar-refractivity contribution in [1.29, 1.82) is 0 Å². The Morgan fingerprint density at radius 2 is 1.55 bits per heavy atom. The summed E-state index contributed by atoms with van der Waals surface area (Å²) in [7, 11) is 4.15. The third-order valence-corrected chi connectivity index (χ3v) is 8.05. The molecule has 0 saturated carbocycles. The highest BCUT2D eigenvalue weighted by atomic mass is 19.1. The van der Waals surface area contributed by atoms with Crippen molar-refractivity contribution < 1.29 is 4.39 Å². The average molecular weight is 559 g/mol. The fourth-order valence-electron chi connectivity index (χ4n) is 5.68. The number of hydrazine groups is 4. The lowest BCUT2D eigenvalue weighted by atomic mass is 9.90. The molecular weight excluding hydrogens is 503 g/mol. The summed E-state index contributed by atoms with van der Waals surface area (Å²) >= 11 is 0. The van der Waals surface area contributed by atoms with E-state index in [1.807, 2.05) is 51.9 Å². The van der Waals surface area contributed by atoms with Crippen LogP contribution in [0.4, 0.5) is 10.1 Å². The molecule has 2 aromatic rings. The Balaban J connectivity index is 0.00000134. The van der Waals surface area contributed by atoms with Crippen LogP contribution in [0, 0.1) is 19.7 Å². The van der Waals surface area contributed by atoms with Crippen LogP contribution in [-0.2, 0) is 12.8 Å². The van der Waals surface area contributed by atoms with Gasteiger partial charge in [-0.25, -0.2) is 31.2 Å². The van der Waals surface area contributed by atoms with Crippen LogP contribution in [0.2, 0.25) is 0 Å². The number of fused-ring (bicyclic) bond motifs is 2. The summed E-state index contributed by atoms with van der Waals surface area (Å²) < 4.78 is 13.5. The van der Waals surface area contributed by atoms with Crippen molar-refractivity contribution in [3.8, 4) is 0 Å². The van der Waals surface area contributed by atoms with Gasteiger partial charge in [0.2, 0.25) is 0 Å². The monoisotopic (exact) mass is 558 g/mol. The molecule has 2 aliphatic rings. The number of hydrogen-bond acceptors (Lipinski definition) is 8. The predicted molar refractivity (Wildman–Crippen MR) is 167 cm³/mol. The minimum absolute atomic E-state index is 0.0300. The Morgan fingerprint density at radius 3 is 2.12 bits per heavy atom. The molecule has 4 N–H and O–H groups in total. The maximum atomic E-state index is 13.5. The number of anilines is 1. The molecule has 0 bridgehead atoms. The fraction of sp³-hybridized carbons (Fsp3) is 0.613. The number of halogens is 1. The van der Waals surface area contributed by atoms with Crippen LogP contribution in [0.3, 0.4) is 0 Å². The minimum atomic E-state index is -0.219. The van der Waals surface area contributed by atoms with Crippen molar-refractivity contribution in [1.82, 2.24) is 30.8 Å². The van der Waals surface area contributed by atoms with E-state index in [1.54, 1.807) is 5.12 Å². The van der Waals surface area contributed by atoms with Crippen LogP contribution in [-0.4, -0.2) is 66.1 Å². The van der Waals surface area contributed by atoms with E-state index in [-0.39, 0.29) is 24.3 Å². The van der Waals surface area contributed by atoms with Crippen LogP contribution in [0.25, 0.3) is 0 Å². The summed E-state index contributed by atoms with van der Waals surface area (Å²) in [5, 5.41) is 8.44. The average Bonchev–Trinajstić information content (AvgIpc) is 3.39. The van der Waals surface area contributed by atoms with E-state index in [2.05, 4.69) is 73.5 Å². The number of hydrogen-bond donors (Lipinski definition) is 3. The molecule has 3 unspecified atom stereocenters. The number of nitrogens with zero attached hydrogens (tertiary/aromatic N) is 5. The van der Waals surface area contributed by atoms with Gasteiger partial charge in [0, 0.05) is 38.7 Å². The number of rotatable bonds is 7. The number of nitrogens with two attached hydrogens (primary N) is 1. The maximum absolute atomic E-state index is 13.5. The van der Waals surface area contributed by atoms with E-state index in [0.717, 1.165) is 37.3 Å². The molecule has 1 saturated heterocycles. The molecule has 0 radical (unpaired) electrons. The van der Waals surface area contributed by atoms with E-state index in [9.17, 15) is 4.39 Å². The lowest BCUT2D eigenvalue weighted by Gasteiger charge is -2.48. The summed E-state index contributed by atoms with van der Waals surface area (Å²) in [6.07, 6.45) is 1.51. The zero-order valence-corrected chi connectivity index (χ0v) is 26.8. The fourth-order valence-corrected chi connectivity index (χ4v) is 5.68. The molecule has 40 heavy (non-hydrogen) atoms. The number of nitrogens with one attached hydrogen (secondary N) is 2. The van der Waals surface area contributed by atoms with Gasteiger partial charge in [-0.3, -0.25) is 0 Å². The van der Waals surface area contributed by atoms with E-state index in [0.29, 0.717) is 6.42 Å². The van der Waals surface area contributed by atoms with Crippen molar-refractivity contribution in [3.63, 3.8) is 0 Å². The Morgan fingerprint density at radius 1 is 0.950 bits per heavy atom. The SMILES string of the molecule is CC.CC.CCN(CC)CCc1cc(C)c2c(c1C)C(C)N(C)N1C(Cc3ccc(F)cc3)NNC1N(C)N2N. The third-order valence-electron chi connectivity index (χ3n) is 8.05.